The van der Waals surface area contributed by atoms with E-state index >= 15 is 0 Å². The molecule has 5 nitrogen and oxygen atoms in total. The molecule has 4 rings (SSSR count). The second-order valence-corrected chi connectivity index (χ2v) is 8.95. The minimum atomic E-state index is -0.0194. The maximum Gasteiger partial charge on any atom is 0.267 e. The Balaban J connectivity index is 1.38. The topological polar surface area (TPSA) is 54.5 Å². The first-order valence-electron chi connectivity index (χ1n) is 9.45. The lowest BCUT2D eigenvalue weighted by Crippen LogP contribution is -2.35. The predicted molar refractivity (Wildman–Crippen MR) is 106 cm³/mol. The molecule has 1 amide bonds. The van der Waals surface area contributed by atoms with Gasteiger partial charge in [-0.1, -0.05) is 12.8 Å². The molecule has 0 bridgehead atoms. The largest absolute Gasteiger partial charge is 0.379 e. The van der Waals surface area contributed by atoms with Gasteiger partial charge in [-0.3, -0.25) is 15.0 Å². The van der Waals surface area contributed by atoms with Crippen LogP contribution in [0.5, 0.6) is 0 Å². The highest BCUT2D eigenvalue weighted by atomic mass is 32.1. The summed E-state index contributed by atoms with van der Waals surface area (Å²) >= 11 is 3.17. The van der Waals surface area contributed by atoms with Gasteiger partial charge in [0.15, 0.2) is 5.13 Å². The standard InChI is InChI=1S/C19H25N3O2S2/c23-18(17-11-14-5-3-1-2-4-6-16(14)26-17)21-19-20-15(13-25-19)12-22-7-9-24-10-8-22/h11,13H,1-10,12H2,(H,20,21,23). The number of thiophene rings is 1. The Kier molecular flexibility index (Phi) is 5.99. The molecule has 0 atom stereocenters. The van der Waals surface area contributed by atoms with Gasteiger partial charge in [-0.2, -0.15) is 0 Å². The number of aryl methyl sites for hydroxylation is 2. The van der Waals surface area contributed by atoms with Gasteiger partial charge in [-0.15, -0.1) is 22.7 Å². The van der Waals surface area contributed by atoms with Crippen molar-refractivity contribution in [2.24, 2.45) is 0 Å². The highest BCUT2D eigenvalue weighted by Gasteiger charge is 2.18. The van der Waals surface area contributed by atoms with Crippen LogP contribution in [-0.2, 0) is 24.1 Å². The minimum Gasteiger partial charge on any atom is -0.379 e. The number of fused-ring (bicyclic) bond motifs is 1. The Morgan fingerprint density at radius 3 is 2.85 bits per heavy atom. The van der Waals surface area contributed by atoms with E-state index in [4.69, 9.17) is 4.74 Å². The molecule has 2 aromatic rings. The Labute approximate surface area is 162 Å². The number of carbonyl (C=O) groups excluding carboxylic acids is 1. The van der Waals surface area contributed by atoms with Crippen molar-refractivity contribution in [1.82, 2.24) is 9.88 Å². The number of amides is 1. The number of carbonyl (C=O) groups is 1. The Bertz CT molecular complexity index is 724. The highest BCUT2D eigenvalue weighted by molar-refractivity contribution is 7.15. The molecular formula is C19H25N3O2S2. The number of nitrogens with zero attached hydrogens (tertiary/aromatic N) is 2. The van der Waals surface area contributed by atoms with Gasteiger partial charge < -0.3 is 4.74 Å². The molecule has 0 aromatic carbocycles. The Hall–Kier alpha value is -1.28. The van der Waals surface area contributed by atoms with Crippen molar-refractivity contribution >= 4 is 33.7 Å². The maximum absolute atomic E-state index is 12.6. The molecule has 2 aliphatic rings. The van der Waals surface area contributed by atoms with Gasteiger partial charge in [0.2, 0.25) is 0 Å². The number of hydrogen-bond acceptors (Lipinski definition) is 6. The van der Waals surface area contributed by atoms with E-state index in [2.05, 4.69) is 21.3 Å². The lowest BCUT2D eigenvalue weighted by molar-refractivity contribution is 0.0337. The van der Waals surface area contributed by atoms with Crippen LogP contribution >= 0.6 is 22.7 Å². The molecule has 1 N–H and O–H groups in total. The zero-order chi connectivity index (χ0) is 17.8. The summed E-state index contributed by atoms with van der Waals surface area (Å²) in [4.78, 5) is 21.8. The first kappa shape index (κ1) is 18.1. The van der Waals surface area contributed by atoms with Crippen LogP contribution in [0.3, 0.4) is 0 Å². The molecule has 0 unspecified atom stereocenters. The SMILES string of the molecule is O=C(Nc1nc(CN2CCOCC2)cs1)c1cc2c(s1)CCCCCC2. The summed E-state index contributed by atoms with van der Waals surface area (Å²) in [7, 11) is 0. The monoisotopic (exact) mass is 391 g/mol. The summed E-state index contributed by atoms with van der Waals surface area (Å²) in [5.74, 6) is -0.0194. The molecule has 2 aromatic heterocycles. The predicted octanol–water partition coefficient (Wildman–Crippen LogP) is 3.95. The van der Waals surface area contributed by atoms with Crippen LogP contribution < -0.4 is 5.32 Å². The third-order valence-electron chi connectivity index (χ3n) is 4.98. The molecule has 0 spiro atoms. The molecule has 0 saturated carbocycles. The number of nitrogens with one attached hydrogen (secondary N) is 1. The van der Waals surface area contributed by atoms with Crippen LogP contribution in [0.1, 0.15) is 51.5 Å². The van der Waals surface area contributed by atoms with Crippen LogP contribution in [0.2, 0.25) is 0 Å². The molecule has 1 saturated heterocycles. The van der Waals surface area contributed by atoms with Gasteiger partial charge in [0, 0.05) is 29.9 Å². The summed E-state index contributed by atoms with van der Waals surface area (Å²) in [5, 5.41) is 5.73. The quantitative estimate of drug-likeness (QED) is 0.857. The van der Waals surface area contributed by atoms with E-state index in [-0.39, 0.29) is 5.91 Å². The van der Waals surface area contributed by atoms with Crippen molar-refractivity contribution in [3.05, 3.63) is 32.5 Å². The fraction of sp³-hybridized carbons (Fsp3) is 0.579. The van der Waals surface area contributed by atoms with Crippen molar-refractivity contribution in [2.45, 2.75) is 45.1 Å². The van der Waals surface area contributed by atoms with Gasteiger partial charge in [0.25, 0.3) is 5.91 Å². The number of rotatable bonds is 4. The molecule has 140 valence electrons. The van der Waals surface area contributed by atoms with E-state index in [1.807, 2.05) is 5.38 Å². The summed E-state index contributed by atoms with van der Waals surface area (Å²) in [6.07, 6.45) is 7.33. The molecule has 7 heteroatoms. The van der Waals surface area contributed by atoms with Crippen LogP contribution in [0, 0.1) is 0 Å². The lowest BCUT2D eigenvalue weighted by Gasteiger charge is -2.25. The van der Waals surface area contributed by atoms with Crippen molar-refractivity contribution in [3.8, 4) is 0 Å². The van der Waals surface area contributed by atoms with E-state index in [9.17, 15) is 4.79 Å². The lowest BCUT2D eigenvalue weighted by atomic mass is 10.00. The summed E-state index contributed by atoms with van der Waals surface area (Å²) < 4.78 is 5.38. The summed E-state index contributed by atoms with van der Waals surface area (Å²) in [5.41, 5.74) is 2.40. The molecular weight excluding hydrogens is 366 g/mol. The third-order valence-corrected chi connectivity index (χ3v) is 7.02. The molecule has 26 heavy (non-hydrogen) atoms. The molecule has 3 heterocycles. The highest BCUT2D eigenvalue weighted by Crippen LogP contribution is 2.29. The maximum atomic E-state index is 12.6. The van der Waals surface area contributed by atoms with Crippen LogP contribution in [-0.4, -0.2) is 42.1 Å². The average molecular weight is 392 g/mol. The van der Waals surface area contributed by atoms with E-state index in [0.29, 0.717) is 5.13 Å². The van der Waals surface area contributed by atoms with Crippen molar-refractivity contribution in [3.63, 3.8) is 0 Å². The van der Waals surface area contributed by atoms with Crippen molar-refractivity contribution in [2.75, 3.05) is 31.6 Å². The molecule has 1 aliphatic carbocycles. The van der Waals surface area contributed by atoms with Gasteiger partial charge >= 0.3 is 0 Å². The van der Waals surface area contributed by atoms with E-state index in [1.54, 1.807) is 11.3 Å². The van der Waals surface area contributed by atoms with Crippen LogP contribution in [0.15, 0.2) is 11.4 Å². The number of hydrogen-bond donors (Lipinski definition) is 1. The van der Waals surface area contributed by atoms with E-state index in [1.165, 1.54) is 47.5 Å². The normalized spacial score (nSPS) is 18.8. The van der Waals surface area contributed by atoms with Crippen LogP contribution in [0.25, 0.3) is 0 Å². The average Bonchev–Trinajstić information content (AvgIpc) is 3.23. The van der Waals surface area contributed by atoms with Gasteiger partial charge in [-0.05, 0) is 37.3 Å². The third kappa shape index (κ3) is 4.52. The van der Waals surface area contributed by atoms with Crippen molar-refractivity contribution in [1.29, 1.82) is 0 Å². The fourth-order valence-corrected chi connectivity index (χ4v) is 5.39. The smallest absolute Gasteiger partial charge is 0.267 e. The molecule has 1 aliphatic heterocycles. The summed E-state index contributed by atoms with van der Waals surface area (Å²) in [6, 6.07) is 2.10. The second kappa shape index (κ2) is 8.61. The Morgan fingerprint density at radius 1 is 1.19 bits per heavy atom. The van der Waals surface area contributed by atoms with E-state index < -0.39 is 0 Å². The van der Waals surface area contributed by atoms with Crippen molar-refractivity contribution < 1.29 is 9.53 Å². The first-order valence-corrected chi connectivity index (χ1v) is 11.1. The van der Waals surface area contributed by atoms with Gasteiger partial charge in [0.05, 0.1) is 23.8 Å². The second-order valence-electron chi connectivity index (χ2n) is 6.96. The zero-order valence-corrected chi connectivity index (χ0v) is 16.6. The van der Waals surface area contributed by atoms with Crippen LogP contribution in [0.4, 0.5) is 5.13 Å². The zero-order valence-electron chi connectivity index (χ0n) is 15.0. The van der Waals surface area contributed by atoms with Gasteiger partial charge in [-0.25, -0.2) is 4.98 Å². The molecule has 0 radical (unpaired) electrons. The number of anilines is 1. The number of morpholine rings is 1. The summed E-state index contributed by atoms with van der Waals surface area (Å²) in [6.45, 7) is 4.29. The van der Waals surface area contributed by atoms with Gasteiger partial charge in [0.1, 0.15) is 0 Å². The Morgan fingerprint density at radius 2 is 2.00 bits per heavy atom. The molecule has 1 fully saturated rings. The number of ether oxygens (including phenoxy) is 1. The fourth-order valence-electron chi connectivity index (χ4n) is 3.54. The van der Waals surface area contributed by atoms with E-state index in [0.717, 1.165) is 56.3 Å². The number of aromatic nitrogens is 1. The minimum absolute atomic E-state index is 0.0194. The number of thiazole rings is 1. The first-order chi connectivity index (χ1) is 12.8.